The molecule has 1 amide bonds. The summed E-state index contributed by atoms with van der Waals surface area (Å²) in [5.41, 5.74) is 4.35. The Labute approximate surface area is 146 Å². The van der Waals surface area contributed by atoms with Crippen LogP contribution in [0.3, 0.4) is 0 Å². The number of carbonyl (C=O) groups is 1. The Bertz CT molecular complexity index is 693. The Morgan fingerprint density at radius 3 is 3.00 bits per heavy atom. The molecule has 1 aromatic rings. The maximum absolute atomic E-state index is 11.8. The van der Waals surface area contributed by atoms with E-state index < -0.39 is 0 Å². The second-order valence-corrected chi connectivity index (χ2v) is 6.63. The molecule has 134 valence electrons. The molecule has 0 aromatic heterocycles. The molecule has 2 heterocycles. The summed E-state index contributed by atoms with van der Waals surface area (Å²) in [5.74, 6) is 0.997. The second kappa shape index (κ2) is 6.57. The number of ether oxygens (including phenoxy) is 3. The summed E-state index contributed by atoms with van der Waals surface area (Å²) in [6.45, 7) is 1.21. The van der Waals surface area contributed by atoms with Gasteiger partial charge in [0, 0.05) is 24.6 Å². The highest BCUT2D eigenvalue weighted by atomic mass is 16.7. The molecule has 1 saturated carbocycles. The van der Waals surface area contributed by atoms with Crippen molar-refractivity contribution in [3.05, 3.63) is 29.8 Å². The van der Waals surface area contributed by atoms with Gasteiger partial charge >= 0.3 is 0 Å². The zero-order chi connectivity index (χ0) is 17.3. The zero-order valence-electron chi connectivity index (χ0n) is 14.2. The van der Waals surface area contributed by atoms with Crippen molar-refractivity contribution in [1.29, 1.82) is 0 Å². The maximum atomic E-state index is 11.8. The monoisotopic (exact) mass is 346 g/mol. The van der Waals surface area contributed by atoms with Gasteiger partial charge < -0.3 is 19.5 Å². The fraction of sp³-hybridized carbons (Fsp3) is 0.500. The second-order valence-electron chi connectivity index (χ2n) is 6.63. The van der Waals surface area contributed by atoms with Crippen molar-refractivity contribution in [3.8, 4) is 11.5 Å². The number of methoxy groups -OCH3 is 1. The third-order valence-electron chi connectivity index (χ3n) is 4.56. The van der Waals surface area contributed by atoms with Gasteiger partial charge in [0.2, 0.25) is 0 Å². The summed E-state index contributed by atoms with van der Waals surface area (Å²) in [4.78, 5) is 17.6. The molecule has 0 radical (unpaired) electrons. The van der Waals surface area contributed by atoms with Crippen LogP contribution in [-0.4, -0.2) is 44.5 Å². The van der Waals surface area contributed by atoms with E-state index in [-0.39, 0.29) is 18.1 Å². The van der Waals surface area contributed by atoms with Gasteiger partial charge in [0.15, 0.2) is 18.1 Å². The van der Waals surface area contributed by atoms with Crippen LogP contribution in [0.2, 0.25) is 0 Å². The van der Waals surface area contributed by atoms with E-state index in [2.05, 4.69) is 10.8 Å². The summed E-state index contributed by atoms with van der Waals surface area (Å²) in [5, 5.41) is 2.90. The molecule has 1 aromatic carbocycles. The van der Waals surface area contributed by atoms with Crippen LogP contribution in [0.4, 0.5) is 0 Å². The smallest absolute Gasteiger partial charge is 0.258 e. The molecule has 1 saturated heterocycles. The SMILES string of the molecule is COc1ccc(C2=CC3(CCOC3)ON2)cc1OCC(=O)NC1CC1. The summed E-state index contributed by atoms with van der Waals surface area (Å²) in [7, 11) is 1.58. The molecule has 2 aliphatic heterocycles. The average Bonchev–Trinajstić information content (AvgIpc) is 3.17. The number of hydrogen-bond acceptors (Lipinski definition) is 6. The average molecular weight is 346 g/mol. The first kappa shape index (κ1) is 16.2. The molecule has 7 nitrogen and oxygen atoms in total. The largest absolute Gasteiger partial charge is 0.493 e. The van der Waals surface area contributed by atoms with Crippen LogP contribution in [0.25, 0.3) is 5.70 Å². The highest BCUT2D eigenvalue weighted by Crippen LogP contribution is 2.35. The molecule has 2 N–H and O–H groups in total. The molecule has 2 fully saturated rings. The van der Waals surface area contributed by atoms with Gasteiger partial charge in [-0.25, -0.2) is 0 Å². The predicted molar refractivity (Wildman–Crippen MR) is 90.0 cm³/mol. The molecule has 4 rings (SSSR count). The third kappa shape index (κ3) is 3.57. The first-order valence-corrected chi connectivity index (χ1v) is 8.53. The van der Waals surface area contributed by atoms with Crippen LogP contribution in [-0.2, 0) is 14.4 Å². The van der Waals surface area contributed by atoms with E-state index >= 15 is 0 Å². The molecule has 7 heteroatoms. The lowest BCUT2D eigenvalue weighted by molar-refractivity contribution is -0.123. The molecule has 1 aliphatic carbocycles. The lowest BCUT2D eigenvalue weighted by Crippen LogP contribution is -2.30. The molecule has 25 heavy (non-hydrogen) atoms. The normalized spacial score (nSPS) is 24.8. The van der Waals surface area contributed by atoms with Crippen molar-refractivity contribution in [2.75, 3.05) is 26.9 Å². The standard InChI is InChI=1S/C18H22N2O5/c1-22-15-5-2-12(14-9-18(25-20-14)6-7-23-11-18)8-16(15)24-10-17(21)19-13-3-4-13/h2,5,8-9,13,20H,3-4,6-7,10-11H2,1H3,(H,19,21). The summed E-state index contributed by atoms with van der Waals surface area (Å²) in [6, 6.07) is 5.91. The van der Waals surface area contributed by atoms with E-state index in [1.165, 1.54) is 0 Å². The zero-order valence-corrected chi connectivity index (χ0v) is 14.2. The van der Waals surface area contributed by atoms with Crippen molar-refractivity contribution < 1.29 is 23.8 Å². The molecule has 1 unspecified atom stereocenters. The fourth-order valence-electron chi connectivity index (χ4n) is 2.97. The van der Waals surface area contributed by atoms with Gasteiger partial charge in [0.25, 0.3) is 5.91 Å². The highest BCUT2D eigenvalue weighted by Gasteiger charge is 2.39. The summed E-state index contributed by atoms with van der Waals surface area (Å²) >= 11 is 0. The van der Waals surface area contributed by atoms with Crippen LogP contribution >= 0.6 is 0 Å². The van der Waals surface area contributed by atoms with Gasteiger partial charge in [-0.3, -0.25) is 15.1 Å². The highest BCUT2D eigenvalue weighted by molar-refractivity contribution is 5.78. The minimum absolute atomic E-state index is 0.0307. The number of hydroxylamine groups is 1. The lowest BCUT2D eigenvalue weighted by atomic mass is 10.0. The quantitative estimate of drug-likeness (QED) is 0.810. The van der Waals surface area contributed by atoms with Gasteiger partial charge in [0.05, 0.1) is 19.4 Å². The van der Waals surface area contributed by atoms with Crippen molar-refractivity contribution in [2.45, 2.75) is 30.9 Å². The van der Waals surface area contributed by atoms with Gasteiger partial charge in [-0.05, 0) is 37.1 Å². The number of carbonyl (C=O) groups excluding carboxylic acids is 1. The molecule has 1 spiro atoms. The molecule has 1 atom stereocenters. The van der Waals surface area contributed by atoms with E-state index in [1.54, 1.807) is 7.11 Å². The molecule has 0 bridgehead atoms. The maximum Gasteiger partial charge on any atom is 0.258 e. The number of benzene rings is 1. The molecular weight excluding hydrogens is 324 g/mol. The van der Waals surface area contributed by atoms with Crippen LogP contribution in [0.5, 0.6) is 11.5 Å². The summed E-state index contributed by atoms with van der Waals surface area (Å²) < 4.78 is 16.4. The van der Waals surface area contributed by atoms with E-state index in [9.17, 15) is 4.79 Å². The topological polar surface area (TPSA) is 78.1 Å². The molecular formula is C18H22N2O5. The fourth-order valence-corrected chi connectivity index (χ4v) is 2.97. The summed E-state index contributed by atoms with van der Waals surface area (Å²) in [6.07, 6.45) is 4.97. The van der Waals surface area contributed by atoms with Crippen molar-refractivity contribution in [1.82, 2.24) is 10.8 Å². The van der Waals surface area contributed by atoms with Crippen LogP contribution in [0.15, 0.2) is 24.3 Å². The number of nitrogens with one attached hydrogen (secondary N) is 2. The van der Waals surface area contributed by atoms with E-state index in [0.29, 0.717) is 30.8 Å². The first-order chi connectivity index (χ1) is 12.2. The van der Waals surface area contributed by atoms with E-state index in [1.807, 2.05) is 24.3 Å². The Morgan fingerprint density at radius 1 is 1.40 bits per heavy atom. The van der Waals surface area contributed by atoms with Gasteiger partial charge in [-0.15, -0.1) is 0 Å². The van der Waals surface area contributed by atoms with Crippen LogP contribution in [0.1, 0.15) is 24.8 Å². The Kier molecular flexibility index (Phi) is 4.27. The van der Waals surface area contributed by atoms with E-state index in [0.717, 1.165) is 30.5 Å². The number of amides is 1. The van der Waals surface area contributed by atoms with Gasteiger partial charge in [-0.2, -0.15) is 0 Å². The van der Waals surface area contributed by atoms with Crippen molar-refractivity contribution >= 4 is 11.6 Å². The third-order valence-corrected chi connectivity index (χ3v) is 4.56. The number of rotatable bonds is 6. The van der Waals surface area contributed by atoms with Gasteiger partial charge in [0.1, 0.15) is 5.60 Å². The van der Waals surface area contributed by atoms with Crippen LogP contribution in [0, 0.1) is 0 Å². The Hall–Kier alpha value is -2.25. The van der Waals surface area contributed by atoms with Crippen molar-refractivity contribution in [2.24, 2.45) is 0 Å². The predicted octanol–water partition coefficient (Wildman–Crippen LogP) is 1.39. The lowest BCUT2D eigenvalue weighted by Gasteiger charge is -2.15. The van der Waals surface area contributed by atoms with Gasteiger partial charge in [-0.1, -0.05) is 0 Å². The van der Waals surface area contributed by atoms with E-state index in [4.69, 9.17) is 19.0 Å². The van der Waals surface area contributed by atoms with Crippen LogP contribution < -0.4 is 20.3 Å². The minimum atomic E-state index is -0.388. The molecule has 3 aliphatic rings. The Morgan fingerprint density at radius 2 is 2.28 bits per heavy atom. The Balaban J connectivity index is 1.48. The first-order valence-electron chi connectivity index (χ1n) is 8.53. The minimum Gasteiger partial charge on any atom is -0.493 e. The number of hydrogen-bond donors (Lipinski definition) is 2. The van der Waals surface area contributed by atoms with Crippen molar-refractivity contribution in [3.63, 3.8) is 0 Å².